The zero-order valence-electron chi connectivity index (χ0n) is 15.1. The monoisotopic (exact) mass is 352 g/mol. The number of nitrogens with two attached hydrogens (primary N) is 1. The summed E-state index contributed by atoms with van der Waals surface area (Å²) in [5.74, 6) is 0.173. The zero-order valence-corrected chi connectivity index (χ0v) is 15.1. The smallest absolute Gasteiger partial charge is 0.127 e. The molecule has 1 saturated heterocycles. The van der Waals surface area contributed by atoms with Crippen LogP contribution in [0, 0.1) is 12.7 Å². The molecule has 0 spiro atoms. The van der Waals surface area contributed by atoms with E-state index in [9.17, 15) is 4.39 Å². The van der Waals surface area contributed by atoms with E-state index in [4.69, 9.17) is 5.73 Å². The van der Waals surface area contributed by atoms with Crippen molar-refractivity contribution in [3.05, 3.63) is 57.8 Å². The van der Waals surface area contributed by atoms with Gasteiger partial charge in [0.2, 0.25) is 0 Å². The molecule has 1 unspecified atom stereocenters. The van der Waals surface area contributed by atoms with Crippen molar-refractivity contribution in [2.24, 2.45) is 0 Å². The highest BCUT2D eigenvalue weighted by Gasteiger charge is 2.25. The number of anilines is 1. The van der Waals surface area contributed by atoms with Gasteiger partial charge in [-0.25, -0.2) is 9.37 Å². The molecule has 1 fully saturated rings. The molecule has 1 aliphatic heterocycles. The number of nitrogens with one attached hydrogen (secondary N) is 2. The second kappa shape index (κ2) is 7.08. The molecule has 2 atom stereocenters. The van der Waals surface area contributed by atoms with Crippen molar-refractivity contribution in [3.63, 3.8) is 0 Å². The van der Waals surface area contributed by atoms with Gasteiger partial charge >= 0.3 is 0 Å². The topological polar surface area (TPSA) is 63.0 Å². The Kier molecular flexibility index (Phi) is 4.64. The van der Waals surface area contributed by atoms with Crippen LogP contribution < -0.4 is 26.8 Å². The first-order valence-electron chi connectivity index (χ1n) is 9.33. The van der Waals surface area contributed by atoms with Gasteiger partial charge in [-0.2, -0.15) is 0 Å². The van der Waals surface area contributed by atoms with Gasteiger partial charge in [-0.05, 0) is 49.2 Å². The van der Waals surface area contributed by atoms with E-state index in [0.717, 1.165) is 40.4 Å². The van der Waals surface area contributed by atoms with Crippen LogP contribution in [0.3, 0.4) is 0 Å². The molecule has 4 N–H and O–H groups in total. The fourth-order valence-corrected chi connectivity index (χ4v) is 4.08. The number of pyridine rings is 1. The lowest BCUT2D eigenvalue weighted by Crippen LogP contribution is -2.42. The number of hydrogen-bond donors (Lipinski definition) is 3. The fourth-order valence-electron chi connectivity index (χ4n) is 4.08. The molecule has 5 heteroatoms. The summed E-state index contributed by atoms with van der Waals surface area (Å²) in [6.07, 6.45) is 7.52. The second-order valence-electron chi connectivity index (χ2n) is 7.25. The van der Waals surface area contributed by atoms with Crippen LogP contribution in [0.25, 0.3) is 11.8 Å². The van der Waals surface area contributed by atoms with Gasteiger partial charge in [0.25, 0.3) is 0 Å². The number of piperidine rings is 1. The number of hydrogen-bond acceptors (Lipinski definition) is 4. The van der Waals surface area contributed by atoms with Crippen LogP contribution in [0.15, 0.2) is 30.5 Å². The van der Waals surface area contributed by atoms with Crippen molar-refractivity contribution in [1.82, 2.24) is 15.6 Å². The Morgan fingerprint density at radius 3 is 3.00 bits per heavy atom. The molecule has 2 aliphatic rings. The molecule has 4 rings (SSSR count). The molecule has 1 aromatic heterocycles. The summed E-state index contributed by atoms with van der Waals surface area (Å²) in [7, 11) is 0. The van der Waals surface area contributed by atoms with Crippen LogP contribution in [-0.2, 0) is 0 Å². The van der Waals surface area contributed by atoms with E-state index in [1.54, 1.807) is 12.3 Å². The van der Waals surface area contributed by atoms with Gasteiger partial charge in [0.05, 0.1) is 0 Å². The van der Waals surface area contributed by atoms with Crippen molar-refractivity contribution in [3.8, 4) is 0 Å². The molecule has 136 valence electrons. The third-order valence-electron chi connectivity index (χ3n) is 5.44. The van der Waals surface area contributed by atoms with Crippen LogP contribution in [0.2, 0.25) is 0 Å². The molecular formula is C21H25FN4. The van der Waals surface area contributed by atoms with E-state index >= 15 is 0 Å². The van der Waals surface area contributed by atoms with E-state index in [1.165, 1.54) is 25.3 Å². The summed E-state index contributed by atoms with van der Waals surface area (Å²) in [6, 6.07) is 7.59. The van der Waals surface area contributed by atoms with E-state index in [-0.39, 0.29) is 11.7 Å². The van der Waals surface area contributed by atoms with Gasteiger partial charge in [0.15, 0.2) is 0 Å². The highest BCUT2D eigenvalue weighted by atomic mass is 19.1. The van der Waals surface area contributed by atoms with E-state index in [2.05, 4.69) is 21.7 Å². The first-order chi connectivity index (χ1) is 12.6. The first kappa shape index (κ1) is 17.0. The van der Waals surface area contributed by atoms with E-state index < -0.39 is 0 Å². The predicted octanol–water partition coefficient (Wildman–Crippen LogP) is 1.53. The SMILES string of the molecule is Cc1cccc(F)c1C1C=c2cnc(N)cc2=C1NC[C@@H]1CCCCN1. The van der Waals surface area contributed by atoms with Crippen molar-refractivity contribution in [1.29, 1.82) is 0 Å². The van der Waals surface area contributed by atoms with Crippen LogP contribution in [-0.4, -0.2) is 24.1 Å². The number of benzene rings is 1. The Morgan fingerprint density at radius 1 is 1.35 bits per heavy atom. The third kappa shape index (κ3) is 3.19. The van der Waals surface area contributed by atoms with E-state index in [0.29, 0.717) is 11.9 Å². The quantitative estimate of drug-likeness (QED) is 0.781. The number of aryl methyl sites for hydroxylation is 1. The molecule has 4 nitrogen and oxygen atoms in total. The zero-order chi connectivity index (χ0) is 18.1. The Balaban J connectivity index is 1.74. The lowest BCUT2D eigenvalue weighted by molar-refractivity contribution is 0.396. The molecule has 2 aromatic rings. The maximum atomic E-state index is 14.7. The minimum Gasteiger partial charge on any atom is -0.386 e. The Morgan fingerprint density at radius 2 is 2.23 bits per heavy atom. The molecule has 0 amide bonds. The van der Waals surface area contributed by atoms with Crippen LogP contribution >= 0.6 is 0 Å². The largest absolute Gasteiger partial charge is 0.386 e. The Hall–Kier alpha value is -2.40. The molecule has 1 aromatic carbocycles. The summed E-state index contributed by atoms with van der Waals surface area (Å²) in [4.78, 5) is 4.21. The van der Waals surface area contributed by atoms with Gasteiger partial charge in [-0.1, -0.05) is 24.6 Å². The minimum absolute atomic E-state index is 0.140. The summed E-state index contributed by atoms with van der Waals surface area (Å²) >= 11 is 0. The predicted molar refractivity (Wildman–Crippen MR) is 103 cm³/mol. The number of nitrogens with zero attached hydrogens (tertiary/aromatic N) is 1. The second-order valence-corrected chi connectivity index (χ2v) is 7.25. The van der Waals surface area contributed by atoms with Gasteiger partial charge < -0.3 is 16.4 Å². The summed E-state index contributed by atoms with van der Waals surface area (Å²) < 4.78 is 14.7. The lowest BCUT2D eigenvalue weighted by atomic mass is 9.92. The lowest BCUT2D eigenvalue weighted by Gasteiger charge is -2.26. The molecule has 1 aliphatic carbocycles. The molecule has 0 radical (unpaired) electrons. The van der Waals surface area contributed by atoms with Crippen molar-refractivity contribution in [2.75, 3.05) is 18.8 Å². The van der Waals surface area contributed by atoms with Crippen molar-refractivity contribution >= 4 is 17.6 Å². The van der Waals surface area contributed by atoms with Crippen LogP contribution in [0.5, 0.6) is 0 Å². The fraction of sp³-hybridized carbons (Fsp3) is 0.381. The summed E-state index contributed by atoms with van der Waals surface area (Å²) in [5.41, 5.74) is 8.62. The highest BCUT2D eigenvalue weighted by molar-refractivity contribution is 5.70. The van der Waals surface area contributed by atoms with Gasteiger partial charge in [-0.3, -0.25) is 0 Å². The number of rotatable bonds is 4. The van der Waals surface area contributed by atoms with Crippen LogP contribution in [0.1, 0.15) is 36.3 Å². The van der Waals surface area contributed by atoms with E-state index in [1.807, 2.05) is 19.1 Å². The highest BCUT2D eigenvalue weighted by Crippen LogP contribution is 2.31. The Labute approximate surface area is 153 Å². The maximum Gasteiger partial charge on any atom is 0.127 e. The average molecular weight is 352 g/mol. The molecular weight excluding hydrogens is 327 g/mol. The minimum atomic E-state index is -0.171. The Bertz CT molecular complexity index is 911. The van der Waals surface area contributed by atoms with Crippen LogP contribution in [0.4, 0.5) is 10.2 Å². The standard InChI is InChI=1S/C21H25FN4/c1-13-5-4-7-18(22)20(13)17-9-14-11-25-19(23)10-16(14)21(17)26-12-15-6-2-3-8-24-15/h4-5,7,9-11,15,17,24,26H,2-3,6,8,12,23H2,1H3/t15-,17?/m0/s1. The van der Waals surface area contributed by atoms with Gasteiger partial charge in [-0.15, -0.1) is 0 Å². The number of aromatic nitrogens is 1. The van der Waals surface area contributed by atoms with Crippen molar-refractivity contribution in [2.45, 2.75) is 38.1 Å². The first-order valence-corrected chi connectivity index (χ1v) is 9.33. The summed E-state index contributed by atoms with van der Waals surface area (Å²) in [6.45, 7) is 3.86. The molecule has 2 heterocycles. The summed E-state index contributed by atoms with van der Waals surface area (Å²) in [5, 5.41) is 9.20. The number of nitrogen functional groups attached to an aromatic ring is 1. The molecule has 26 heavy (non-hydrogen) atoms. The molecule has 0 saturated carbocycles. The third-order valence-corrected chi connectivity index (χ3v) is 5.44. The van der Waals surface area contributed by atoms with Gasteiger partial charge in [0, 0.05) is 41.2 Å². The number of fused-ring (bicyclic) bond motifs is 1. The maximum absolute atomic E-state index is 14.7. The van der Waals surface area contributed by atoms with Gasteiger partial charge in [0.1, 0.15) is 11.6 Å². The molecule has 0 bridgehead atoms. The normalized spacial score (nSPS) is 22.0. The average Bonchev–Trinajstić information content (AvgIpc) is 2.98. The van der Waals surface area contributed by atoms with Crippen molar-refractivity contribution < 1.29 is 4.39 Å². The number of halogens is 1.